The second-order valence-corrected chi connectivity index (χ2v) is 9.37. The molecule has 10 heteroatoms. The van der Waals surface area contributed by atoms with Crippen molar-refractivity contribution in [3.8, 4) is 17.1 Å². The van der Waals surface area contributed by atoms with Gasteiger partial charge in [0, 0.05) is 37.2 Å². The Kier molecular flexibility index (Phi) is 6.52. The number of anilines is 1. The van der Waals surface area contributed by atoms with Gasteiger partial charge in [-0.2, -0.15) is 9.29 Å². The van der Waals surface area contributed by atoms with E-state index in [1.54, 1.807) is 37.4 Å². The first-order valence-corrected chi connectivity index (χ1v) is 11.8. The van der Waals surface area contributed by atoms with Gasteiger partial charge in [0.1, 0.15) is 5.75 Å². The predicted molar refractivity (Wildman–Crippen MR) is 118 cm³/mol. The van der Waals surface area contributed by atoms with Crippen LogP contribution < -0.4 is 10.1 Å². The fraction of sp³-hybridized carbons (Fsp3) is 0.318. The Balaban J connectivity index is 1.35. The lowest BCUT2D eigenvalue weighted by atomic mass is 10.2. The van der Waals surface area contributed by atoms with Crippen molar-refractivity contribution in [2.45, 2.75) is 30.6 Å². The minimum absolute atomic E-state index is 0.118. The molecule has 1 aromatic heterocycles. The van der Waals surface area contributed by atoms with Gasteiger partial charge >= 0.3 is 0 Å². The highest BCUT2D eigenvalue weighted by Gasteiger charge is 2.27. The average Bonchev–Trinajstić information content (AvgIpc) is 3.51. The van der Waals surface area contributed by atoms with Gasteiger partial charge in [-0.15, -0.1) is 0 Å². The molecule has 1 N–H and O–H groups in total. The highest BCUT2D eigenvalue weighted by molar-refractivity contribution is 7.89. The maximum Gasteiger partial charge on any atom is 0.243 e. The molecule has 2 heterocycles. The van der Waals surface area contributed by atoms with Gasteiger partial charge < -0.3 is 14.6 Å². The molecule has 1 saturated heterocycles. The molecular formula is C22H24N4O5S. The van der Waals surface area contributed by atoms with Crippen LogP contribution in [0.1, 0.15) is 25.2 Å². The number of carbonyl (C=O) groups excluding carboxylic acids is 1. The van der Waals surface area contributed by atoms with E-state index >= 15 is 0 Å². The maximum atomic E-state index is 12.7. The Labute approximate surface area is 186 Å². The topological polar surface area (TPSA) is 115 Å². The molecule has 1 fully saturated rings. The van der Waals surface area contributed by atoms with E-state index in [0.29, 0.717) is 30.5 Å². The number of hydrogen-bond acceptors (Lipinski definition) is 7. The van der Waals surface area contributed by atoms with Crippen LogP contribution in [-0.4, -0.2) is 49.0 Å². The molecule has 1 aliphatic rings. The van der Waals surface area contributed by atoms with Crippen molar-refractivity contribution in [1.29, 1.82) is 0 Å². The van der Waals surface area contributed by atoms with Crippen molar-refractivity contribution in [1.82, 2.24) is 14.4 Å². The number of nitrogens with zero attached hydrogens (tertiary/aromatic N) is 3. The van der Waals surface area contributed by atoms with Crippen LogP contribution in [0.25, 0.3) is 11.4 Å². The molecule has 3 aromatic rings. The number of benzene rings is 2. The molecule has 32 heavy (non-hydrogen) atoms. The summed E-state index contributed by atoms with van der Waals surface area (Å²) in [5.41, 5.74) is 1.21. The Morgan fingerprint density at radius 1 is 1.16 bits per heavy atom. The lowest BCUT2D eigenvalue weighted by Gasteiger charge is -2.16. The summed E-state index contributed by atoms with van der Waals surface area (Å²) in [6.07, 6.45) is 2.12. The molecule has 1 aliphatic heterocycles. The normalized spacial score (nSPS) is 14.4. The highest BCUT2D eigenvalue weighted by Crippen LogP contribution is 2.23. The van der Waals surface area contributed by atoms with Gasteiger partial charge in [-0.1, -0.05) is 11.2 Å². The van der Waals surface area contributed by atoms with Crippen molar-refractivity contribution >= 4 is 21.6 Å². The number of nitrogens with one attached hydrogen (secondary N) is 1. The largest absolute Gasteiger partial charge is 0.497 e. The van der Waals surface area contributed by atoms with E-state index in [4.69, 9.17) is 9.26 Å². The van der Waals surface area contributed by atoms with Gasteiger partial charge in [-0.05, 0) is 55.3 Å². The summed E-state index contributed by atoms with van der Waals surface area (Å²) in [7, 11) is -1.95. The lowest BCUT2D eigenvalue weighted by molar-refractivity contribution is -0.116. The molecule has 0 saturated carbocycles. The van der Waals surface area contributed by atoms with Crippen LogP contribution in [0.15, 0.2) is 57.9 Å². The number of rotatable bonds is 8. The average molecular weight is 457 g/mol. The zero-order valence-electron chi connectivity index (χ0n) is 17.7. The van der Waals surface area contributed by atoms with Crippen LogP contribution in [0.3, 0.4) is 0 Å². The van der Waals surface area contributed by atoms with Crippen molar-refractivity contribution < 1.29 is 22.5 Å². The standard InChI is InChI=1S/C22H24N4O5S/c1-30-18-9-7-16(8-10-18)22-24-21(31-25-22)12-11-20(27)23-17-5-4-6-19(15-17)32(28,29)26-13-2-3-14-26/h4-10,15H,2-3,11-14H2,1H3,(H,23,27). The fourth-order valence-electron chi connectivity index (χ4n) is 3.47. The molecule has 2 aromatic carbocycles. The summed E-state index contributed by atoms with van der Waals surface area (Å²) in [4.78, 5) is 16.9. The SMILES string of the molecule is COc1ccc(-c2noc(CCC(=O)Nc3cccc(S(=O)(=O)N4CCCC4)c3)n2)cc1. The Bertz CT molecular complexity index is 1190. The second kappa shape index (κ2) is 9.49. The first-order valence-electron chi connectivity index (χ1n) is 10.3. The molecule has 0 atom stereocenters. The van der Waals surface area contributed by atoms with Gasteiger partial charge in [0.05, 0.1) is 12.0 Å². The third kappa shape index (κ3) is 4.97. The summed E-state index contributed by atoms with van der Waals surface area (Å²) in [6, 6.07) is 13.6. The summed E-state index contributed by atoms with van der Waals surface area (Å²) in [6.45, 7) is 1.06. The van der Waals surface area contributed by atoms with Gasteiger partial charge in [-0.25, -0.2) is 8.42 Å². The highest BCUT2D eigenvalue weighted by atomic mass is 32.2. The van der Waals surface area contributed by atoms with Crippen LogP contribution in [0.5, 0.6) is 5.75 Å². The molecule has 0 bridgehead atoms. The molecule has 4 rings (SSSR count). The van der Waals surface area contributed by atoms with E-state index in [0.717, 1.165) is 24.2 Å². The summed E-state index contributed by atoms with van der Waals surface area (Å²) in [5, 5.41) is 6.69. The van der Waals surface area contributed by atoms with E-state index in [9.17, 15) is 13.2 Å². The van der Waals surface area contributed by atoms with Gasteiger partial charge in [0.2, 0.25) is 27.6 Å². The third-order valence-corrected chi connectivity index (χ3v) is 7.10. The molecule has 9 nitrogen and oxygen atoms in total. The zero-order valence-corrected chi connectivity index (χ0v) is 18.5. The Morgan fingerprint density at radius 3 is 2.62 bits per heavy atom. The molecule has 0 unspecified atom stereocenters. The number of methoxy groups -OCH3 is 1. The van der Waals surface area contributed by atoms with E-state index in [2.05, 4.69) is 15.5 Å². The number of amides is 1. The van der Waals surface area contributed by atoms with Crippen LogP contribution in [0, 0.1) is 0 Å². The fourth-order valence-corrected chi connectivity index (χ4v) is 5.03. The van der Waals surface area contributed by atoms with Crippen molar-refractivity contribution in [3.05, 3.63) is 54.4 Å². The molecule has 0 spiro atoms. The van der Waals surface area contributed by atoms with Crippen LogP contribution >= 0.6 is 0 Å². The smallest absolute Gasteiger partial charge is 0.243 e. The van der Waals surface area contributed by atoms with Gasteiger partial charge in [0.25, 0.3) is 0 Å². The number of sulfonamides is 1. The van der Waals surface area contributed by atoms with Crippen molar-refractivity contribution in [2.24, 2.45) is 0 Å². The molecule has 0 aliphatic carbocycles. The van der Waals surface area contributed by atoms with Crippen LogP contribution in [-0.2, 0) is 21.2 Å². The van der Waals surface area contributed by atoms with Gasteiger partial charge in [0.15, 0.2) is 0 Å². The lowest BCUT2D eigenvalue weighted by Crippen LogP contribution is -2.27. The summed E-state index contributed by atoms with van der Waals surface area (Å²) >= 11 is 0. The minimum atomic E-state index is -3.54. The van der Waals surface area contributed by atoms with E-state index < -0.39 is 10.0 Å². The summed E-state index contributed by atoms with van der Waals surface area (Å²) in [5.74, 6) is 1.23. The first kappa shape index (κ1) is 22.0. The van der Waals surface area contributed by atoms with Gasteiger partial charge in [-0.3, -0.25) is 4.79 Å². The molecule has 1 amide bonds. The molecule has 0 radical (unpaired) electrons. The predicted octanol–water partition coefficient (Wildman–Crippen LogP) is 3.10. The second-order valence-electron chi connectivity index (χ2n) is 7.43. The van der Waals surface area contributed by atoms with Crippen LogP contribution in [0.2, 0.25) is 0 Å². The molecular weight excluding hydrogens is 432 g/mol. The third-order valence-electron chi connectivity index (χ3n) is 5.20. The Morgan fingerprint density at radius 2 is 1.91 bits per heavy atom. The van der Waals surface area contributed by atoms with Crippen LogP contribution in [0.4, 0.5) is 5.69 Å². The number of aromatic nitrogens is 2. The minimum Gasteiger partial charge on any atom is -0.497 e. The van der Waals surface area contributed by atoms with E-state index in [-0.39, 0.29) is 23.6 Å². The number of carbonyl (C=O) groups is 1. The number of aryl methyl sites for hydroxylation is 1. The first-order chi connectivity index (χ1) is 15.5. The summed E-state index contributed by atoms with van der Waals surface area (Å²) < 4.78 is 37.3. The van der Waals surface area contributed by atoms with Crippen molar-refractivity contribution in [2.75, 3.05) is 25.5 Å². The monoisotopic (exact) mass is 456 g/mol. The van der Waals surface area contributed by atoms with E-state index in [1.165, 1.54) is 10.4 Å². The number of ether oxygens (including phenoxy) is 1. The molecule has 168 valence electrons. The van der Waals surface area contributed by atoms with E-state index in [1.807, 2.05) is 12.1 Å². The van der Waals surface area contributed by atoms with Crippen molar-refractivity contribution in [3.63, 3.8) is 0 Å². The Hall–Kier alpha value is -3.24. The maximum absolute atomic E-state index is 12.7. The number of hydrogen-bond donors (Lipinski definition) is 1. The zero-order chi connectivity index (χ0) is 22.6. The quantitative estimate of drug-likeness (QED) is 0.554.